The molecule has 0 aliphatic rings. The molecule has 1 N–H and O–H groups in total. The van der Waals surface area contributed by atoms with Gasteiger partial charge in [0, 0.05) is 12.8 Å². The van der Waals surface area contributed by atoms with Gasteiger partial charge in [-0.3, -0.25) is 18.6 Å². The highest BCUT2D eigenvalue weighted by Crippen LogP contribution is 2.43. The normalized spacial score (nSPS) is 13.8. The average molecular weight is 747 g/mol. The molecule has 2 atom stereocenters. The number of nitrogens with zero attached hydrogens (tertiary/aromatic N) is 1. The lowest BCUT2D eigenvalue weighted by Gasteiger charge is -2.24. The Balaban J connectivity index is 4.35. The van der Waals surface area contributed by atoms with Crippen molar-refractivity contribution < 1.29 is 42.1 Å². The van der Waals surface area contributed by atoms with Crippen molar-refractivity contribution in [1.82, 2.24) is 0 Å². The predicted molar refractivity (Wildman–Crippen MR) is 211 cm³/mol. The van der Waals surface area contributed by atoms with E-state index in [1.54, 1.807) is 0 Å². The first-order valence-electron chi connectivity index (χ1n) is 20.9. The summed E-state index contributed by atoms with van der Waals surface area (Å²) in [6, 6.07) is 0. The van der Waals surface area contributed by atoms with Gasteiger partial charge in [-0.25, -0.2) is 4.57 Å². The molecule has 51 heavy (non-hydrogen) atoms. The van der Waals surface area contributed by atoms with Gasteiger partial charge in [0.05, 0.1) is 27.7 Å². The molecule has 10 heteroatoms. The second-order valence-electron chi connectivity index (χ2n) is 15.4. The summed E-state index contributed by atoms with van der Waals surface area (Å²) in [5.41, 5.74) is 0. The Hall–Kier alpha value is -1.25. The van der Waals surface area contributed by atoms with E-state index in [1.807, 2.05) is 21.1 Å². The van der Waals surface area contributed by atoms with E-state index in [2.05, 4.69) is 26.0 Å². The monoisotopic (exact) mass is 747 g/mol. The van der Waals surface area contributed by atoms with Crippen LogP contribution in [0.1, 0.15) is 187 Å². The number of allylic oxidation sites excluding steroid dienone is 2. The van der Waals surface area contributed by atoms with E-state index < -0.39 is 26.5 Å². The second-order valence-corrected chi connectivity index (χ2v) is 16.8. The Bertz CT molecular complexity index is 891. The largest absolute Gasteiger partial charge is 0.472 e. The fourth-order valence-electron chi connectivity index (χ4n) is 5.70. The van der Waals surface area contributed by atoms with Crippen LogP contribution >= 0.6 is 7.82 Å². The summed E-state index contributed by atoms with van der Waals surface area (Å²) in [7, 11) is 1.48. The average Bonchev–Trinajstić information content (AvgIpc) is 3.07. The van der Waals surface area contributed by atoms with Crippen molar-refractivity contribution in [1.29, 1.82) is 0 Å². The molecular weight excluding hydrogens is 665 g/mol. The third-order valence-corrected chi connectivity index (χ3v) is 10.0. The molecule has 0 amide bonds. The molecule has 0 aromatic heterocycles. The Morgan fingerprint density at radius 2 is 1.02 bits per heavy atom. The summed E-state index contributed by atoms with van der Waals surface area (Å²) in [6.07, 6.45) is 34.0. The molecular formula is C41H81NO8P+. The van der Waals surface area contributed by atoms with Crippen molar-refractivity contribution in [3.63, 3.8) is 0 Å². The standard InChI is InChI=1S/C41H80NO8P/c1-6-8-10-12-14-16-18-19-20-21-22-24-26-28-30-32-34-41(44)50-39(38-49-51(45,46)48-36-35-42(3,4)5)37-47-40(43)33-31-29-27-25-23-17-15-13-11-9-7-2/h13,15,39H,6-12,14,16-38H2,1-5H3/p+1/b15-13-/t39-/m1/s1. The molecule has 0 aliphatic carbocycles. The number of ether oxygens (including phenoxy) is 2. The van der Waals surface area contributed by atoms with Crippen LogP contribution in [0.4, 0.5) is 0 Å². The number of esters is 2. The van der Waals surface area contributed by atoms with E-state index in [4.69, 9.17) is 18.5 Å². The number of hydrogen-bond donors (Lipinski definition) is 1. The number of quaternary nitrogens is 1. The SMILES string of the molecule is CCCC/C=C\CCCCCCCC(=O)OC[C@H](COP(=O)(O)OCC[N+](C)(C)C)OC(=O)CCCCCCCCCCCCCCCCCC. The zero-order chi connectivity index (χ0) is 37.9. The number of carbonyl (C=O) groups is 2. The minimum atomic E-state index is -4.37. The van der Waals surface area contributed by atoms with E-state index >= 15 is 0 Å². The van der Waals surface area contributed by atoms with Crippen LogP contribution in [0.15, 0.2) is 12.2 Å². The van der Waals surface area contributed by atoms with Crippen LogP contribution in [0.3, 0.4) is 0 Å². The zero-order valence-electron chi connectivity index (χ0n) is 33.9. The predicted octanol–water partition coefficient (Wildman–Crippen LogP) is 11.4. The highest BCUT2D eigenvalue weighted by molar-refractivity contribution is 7.47. The summed E-state index contributed by atoms with van der Waals surface area (Å²) >= 11 is 0. The van der Waals surface area contributed by atoms with E-state index in [1.165, 1.54) is 96.3 Å². The maximum atomic E-state index is 12.7. The third-order valence-electron chi connectivity index (χ3n) is 9.05. The Labute approximate surface area is 314 Å². The van der Waals surface area contributed by atoms with Crippen LogP contribution in [-0.4, -0.2) is 74.9 Å². The highest BCUT2D eigenvalue weighted by atomic mass is 31.2. The zero-order valence-corrected chi connectivity index (χ0v) is 34.7. The van der Waals surface area contributed by atoms with E-state index in [0.717, 1.165) is 57.8 Å². The number of carbonyl (C=O) groups excluding carboxylic acids is 2. The van der Waals surface area contributed by atoms with Crippen LogP contribution in [0.5, 0.6) is 0 Å². The third kappa shape index (κ3) is 38.3. The molecule has 0 saturated heterocycles. The number of likely N-dealkylation sites (N-methyl/N-ethyl adjacent to an activating group) is 1. The van der Waals surface area contributed by atoms with Crippen LogP contribution in [-0.2, 0) is 32.7 Å². The fourth-order valence-corrected chi connectivity index (χ4v) is 6.44. The smallest absolute Gasteiger partial charge is 0.462 e. The first-order valence-corrected chi connectivity index (χ1v) is 22.4. The van der Waals surface area contributed by atoms with Gasteiger partial charge in [0.25, 0.3) is 0 Å². The minimum Gasteiger partial charge on any atom is -0.462 e. The van der Waals surface area contributed by atoms with Gasteiger partial charge in [0.15, 0.2) is 6.10 Å². The lowest BCUT2D eigenvalue weighted by Crippen LogP contribution is -2.37. The van der Waals surface area contributed by atoms with Crippen molar-refractivity contribution in [2.45, 2.75) is 193 Å². The molecule has 0 saturated carbocycles. The maximum Gasteiger partial charge on any atom is 0.472 e. The highest BCUT2D eigenvalue weighted by Gasteiger charge is 2.27. The minimum absolute atomic E-state index is 0.0334. The number of phosphoric acid groups is 1. The first kappa shape index (κ1) is 49.8. The van der Waals surface area contributed by atoms with Gasteiger partial charge < -0.3 is 18.9 Å². The Morgan fingerprint density at radius 3 is 1.51 bits per heavy atom. The molecule has 302 valence electrons. The Kier molecular flexibility index (Phi) is 33.7. The molecule has 0 heterocycles. The van der Waals surface area contributed by atoms with Gasteiger partial charge in [0.2, 0.25) is 0 Å². The van der Waals surface area contributed by atoms with Gasteiger partial charge in [0.1, 0.15) is 19.8 Å². The fraction of sp³-hybridized carbons (Fsp3) is 0.902. The summed E-state index contributed by atoms with van der Waals surface area (Å²) in [4.78, 5) is 35.2. The van der Waals surface area contributed by atoms with Crippen LogP contribution in [0, 0.1) is 0 Å². The molecule has 0 rings (SSSR count). The molecule has 9 nitrogen and oxygen atoms in total. The first-order chi connectivity index (χ1) is 24.5. The van der Waals surface area contributed by atoms with Gasteiger partial charge >= 0.3 is 19.8 Å². The molecule has 0 bridgehead atoms. The van der Waals surface area contributed by atoms with Gasteiger partial charge in [-0.15, -0.1) is 0 Å². The van der Waals surface area contributed by atoms with Crippen molar-refractivity contribution >= 4 is 19.8 Å². The van der Waals surface area contributed by atoms with Gasteiger partial charge in [-0.05, 0) is 32.1 Å². The molecule has 0 radical (unpaired) electrons. The maximum absolute atomic E-state index is 12.7. The van der Waals surface area contributed by atoms with Gasteiger partial charge in [-0.2, -0.15) is 0 Å². The quantitative estimate of drug-likeness (QED) is 0.0219. The summed E-state index contributed by atoms with van der Waals surface area (Å²) in [6.45, 7) is 4.38. The Morgan fingerprint density at radius 1 is 0.588 bits per heavy atom. The van der Waals surface area contributed by atoms with Crippen molar-refractivity contribution in [2.24, 2.45) is 0 Å². The number of phosphoric ester groups is 1. The van der Waals surface area contributed by atoms with Crippen LogP contribution < -0.4 is 0 Å². The van der Waals surface area contributed by atoms with E-state index in [0.29, 0.717) is 17.4 Å². The molecule has 0 aromatic carbocycles. The lowest BCUT2D eigenvalue weighted by molar-refractivity contribution is -0.870. The van der Waals surface area contributed by atoms with Crippen molar-refractivity contribution in [2.75, 3.05) is 47.5 Å². The molecule has 1 unspecified atom stereocenters. The van der Waals surface area contributed by atoms with Gasteiger partial charge in [-0.1, -0.05) is 154 Å². The second kappa shape index (κ2) is 34.5. The molecule has 0 aliphatic heterocycles. The molecule has 0 fully saturated rings. The van der Waals surface area contributed by atoms with Crippen molar-refractivity contribution in [3.8, 4) is 0 Å². The van der Waals surface area contributed by atoms with Crippen LogP contribution in [0.2, 0.25) is 0 Å². The molecule has 0 aromatic rings. The molecule has 0 spiro atoms. The summed E-state index contributed by atoms with van der Waals surface area (Å²) in [5.74, 6) is -0.803. The number of unbranched alkanes of at least 4 members (excludes halogenated alkanes) is 22. The van der Waals surface area contributed by atoms with Crippen molar-refractivity contribution in [3.05, 3.63) is 12.2 Å². The van der Waals surface area contributed by atoms with E-state index in [-0.39, 0.29) is 32.0 Å². The van der Waals surface area contributed by atoms with E-state index in [9.17, 15) is 19.0 Å². The number of hydrogen-bond acceptors (Lipinski definition) is 7. The van der Waals surface area contributed by atoms with Crippen LogP contribution in [0.25, 0.3) is 0 Å². The number of rotatable bonds is 38. The lowest BCUT2D eigenvalue weighted by atomic mass is 10.0. The summed E-state index contributed by atoms with van der Waals surface area (Å²) < 4.78 is 34.2. The summed E-state index contributed by atoms with van der Waals surface area (Å²) in [5, 5.41) is 0. The topological polar surface area (TPSA) is 108 Å².